The van der Waals surface area contributed by atoms with Crippen LogP contribution < -0.4 is 11.1 Å². The molecule has 0 bridgehead atoms. The van der Waals surface area contributed by atoms with Gasteiger partial charge in [0.15, 0.2) is 11.5 Å². The normalized spacial score (nSPS) is 11.8. The first kappa shape index (κ1) is 15.8. The summed E-state index contributed by atoms with van der Waals surface area (Å²) >= 11 is 0. The van der Waals surface area contributed by atoms with Gasteiger partial charge in [0.05, 0.1) is 12.6 Å². The number of nitrogens with two attached hydrogens (primary N) is 1. The Morgan fingerprint density at radius 2 is 2.00 bits per heavy atom. The summed E-state index contributed by atoms with van der Waals surface area (Å²) in [7, 11) is 2.98. The Labute approximate surface area is 117 Å². The summed E-state index contributed by atoms with van der Waals surface area (Å²) in [5, 5.41) is 21.0. The molecule has 110 valence electrons. The van der Waals surface area contributed by atoms with Crippen molar-refractivity contribution in [3.63, 3.8) is 0 Å². The second-order valence-corrected chi connectivity index (χ2v) is 4.50. The summed E-state index contributed by atoms with van der Waals surface area (Å²) in [6.45, 7) is -0.0656. The molecule has 0 aromatic heterocycles. The van der Waals surface area contributed by atoms with Crippen molar-refractivity contribution in [1.82, 2.24) is 10.2 Å². The smallest absolute Gasteiger partial charge is 0.240 e. The molecule has 0 saturated carbocycles. The zero-order valence-corrected chi connectivity index (χ0v) is 11.5. The first-order valence-corrected chi connectivity index (χ1v) is 6.07. The van der Waals surface area contributed by atoms with E-state index in [-0.39, 0.29) is 36.3 Å². The van der Waals surface area contributed by atoms with Gasteiger partial charge in [-0.1, -0.05) is 6.07 Å². The molecule has 0 unspecified atom stereocenters. The number of carbonyl (C=O) groups excluding carboxylic acids is 2. The number of phenols is 2. The van der Waals surface area contributed by atoms with E-state index in [0.717, 1.165) is 0 Å². The number of nitrogens with one attached hydrogen (secondary N) is 1. The van der Waals surface area contributed by atoms with Gasteiger partial charge in [-0.05, 0) is 24.1 Å². The van der Waals surface area contributed by atoms with E-state index in [9.17, 15) is 19.8 Å². The molecular formula is C13H19N3O4. The number of nitrogens with zero attached hydrogens (tertiary/aromatic N) is 1. The number of hydrogen-bond acceptors (Lipinski definition) is 5. The maximum Gasteiger partial charge on any atom is 0.240 e. The summed E-state index contributed by atoms with van der Waals surface area (Å²) in [5.41, 5.74) is 6.41. The highest BCUT2D eigenvalue weighted by atomic mass is 16.3. The fraction of sp³-hybridized carbons (Fsp3) is 0.385. The maximum atomic E-state index is 12.0. The Kier molecular flexibility index (Phi) is 5.33. The molecule has 0 heterocycles. The summed E-state index contributed by atoms with van der Waals surface area (Å²) in [6.07, 6.45) is 0.199. The molecule has 0 saturated heterocycles. The van der Waals surface area contributed by atoms with Gasteiger partial charge in [0.1, 0.15) is 0 Å². The SMILES string of the molecule is CNC(=O)CN(C)C(=O)[C@@H](N)Cc1ccc(O)c(O)c1. The van der Waals surface area contributed by atoms with E-state index >= 15 is 0 Å². The Morgan fingerprint density at radius 1 is 1.35 bits per heavy atom. The van der Waals surface area contributed by atoms with Gasteiger partial charge in [0.25, 0.3) is 0 Å². The zero-order chi connectivity index (χ0) is 15.3. The second-order valence-electron chi connectivity index (χ2n) is 4.50. The van der Waals surface area contributed by atoms with E-state index in [1.165, 1.54) is 31.1 Å². The zero-order valence-electron chi connectivity index (χ0n) is 11.5. The van der Waals surface area contributed by atoms with Crippen LogP contribution >= 0.6 is 0 Å². The van der Waals surface area contributed by atoms with Gasteiger partial charge in [-0.25, -0.2) is 0 Å². The number of aromatic hydroxyl groups is 2. The second kappa shape index (κ2) is 6.76. The summed E-state index contributed by atoms with van der Waals surface area (Å²) < 4.78 is 0. The van der Waals surface area contributed by atoms with E-state index < -0.39 is 6.04 Å². The Morgan fingerprint density at radius 3 is 2.55 bits per heavy atom. The lowest BCUT2D eigenvalue weighted by molar-refractivity contribution is -0.135. The summed E-state index contributed by atoms with van der Waals surface area (Å²) in [6, 6.07) is 3.42. The van der Waals surface area contributed by atoms with Crippen LogP contribution in [0, 0.1) is 0 Å². The number of benzene rings is 1. The molecule has 20 heavy (non-hydrogen) atoms. The lowest BCUT2D eigenvalue weighted by Crippen LogP contribution is -2.46. The van der Waals surface area contributed by atoms with Crippen LogP contribution in [0.5, 0.6) is 11.5 Å². The minimum Gasteiger partial charge on any atom is -0.504 e. The highest BCUT2D eigenvalue weighted by molar-refractivity contribution is 5.87. The quantitative estimate of drug-likeness (QED) is 0.526. The van der Waals surface area contributed by atoms with Crippen molar-refractivity contribution in [1.29, 1.82) is 0 Å². The van der Waals surface area contributed by atoms with Gasteiger partial charge in [-0.15, -0.1) is 0 Å². The molecule has 7 heteroatoms. The molecule has 1 rings (SSSR count). The van der Waals surface area contributed by atoms with Crippen molar-refractivity contribution < 1.29 is 19.8 Å². The average Bonchev–Trinajstić information content (AvgIpc) is 2.41. The van der Waals surface area contributed by atoms with Gasteiger partial charge in [0.2, 0.25) is 11.8 Å². The lowest BCUT2D eigenvalue weighted by atomic mass is 10.0. The average molecular weight is 281 g/mol. The van der Waals surface area contributed by atoms with Crippen LogP contribution in [0.3, 0.4) is 0 Å². The largest absolute Gasteiger partial charge is 0.504 e. The maximum absolute atomic E-state index is 12.0. The third kappa shape index (κ3) is 4.13. The number of hydrogen-bond donors (Lipinski definition) is 4. The first-order valence-electron chi connectivity index (χ1n) is 6.07. The predicted molar refractivity (Wildman–Crippen MR) is 73.2 cm³/mol. The van der Waals surface area contributed by atoms with Crippen LogP contribution in [-0.2, 0) is 16.0 Å². The Balaban J connectivity index is 2.65. The van der Waals surface area contributed by atoms with Crippen molar-refractivity contribution in [2.45, 2.75) is 12.5 Å². The fourth-order valence-corrected chi connectivity index (χ4v) is 1.69. The van der Waals surface area contributed by atoms with Crippen LogP contribution in [0.25, 0.3) is 0 Å². The van der Waals surface area contributed by atoms with Crippen LogP contribution in [-0.4, -0.2) is 53.6 Å². The molecule has 2 amide bonds. The minimum atomic E-state index is -0.825. The lowest BCUT2D eigenvalue weighted by Gasteiger charge is -2.20. The molecule has 5 N–H and O–H groups in total. The van der Waals surface area contributed by atoms with Crippen molar-refractivity contribution >= 4 is 11.8 Å². The van der Waals surface area contributed by atoms with Gasteiger partial charge < -0.3 is 26.2 Å². The molecule has 0 spiro atoms. The first-order chi connectivity index (χ1) is 9.35. The molecule has 7 nitrogen and oxygen atoms in total. The molecule has 1 atom stereocenters. The Hall–Kier alpha value is -2.28. The van der Waals surface area contributed by atoms with E-state index in [2.05, 4.69) is 5.32 Å². The topological polar surface area (TPSA) is 116 Å². The molecule has 0 aliphatic rings. The molecule has 0 fully saturated rings. The van der Waals surface area contributed by atoms with Crippen LogP contribution in [0.2, 0.25) is 0 Å². The molecule has 1 aromatic rings. The summed E-state index contributed by atoms with van der Waals surface area (Å²) in [4.78, 5) is 24.4. The van der Waals surface area contributed by atoms with Crippen molar-refractivity contribution in [3.05, 3.63) is 23.8 Å². The van der Waals surface area contributed by atoms with Crippen molar-refractivity contribution in [2.24, 2.45) is 5.73 Å². The Bertz CT molecular complexity index is 504. The number of amides is 2. The summed E-state index contributed by atoms with van der Waals surface area (Å²) in [5.74, 6) is -1.15. The third-order valence-electron chi connectivity index (χ3n) is 2.85. The molecule has 1 aromatic carbocycles. The number of rotatable bonds is 5. The highest BCUT2D eigenvalue weighted by Gasteiger charge is 2.20. The van der Waals surface area contributed by atoms with E-state index in [0.29, 0.717) is 5.56 Å². The molecule has 0 radical (unpaired) electrons. The molecular weight excluding hydrogens is 262 g/mol. The van der Waals surface area contributed by atoms with Gasteiger partial charge >= 0.3 is 0 Å². The van der Waals surface area contributed by atoms with Gasteiger partial charge in [-0.3, -0.25) is 9.59 Å². The number of carbonyl (C=O) groups is 2. The molecule has 0 aliphatic heterocycles. The number of phenolic OH excluding ortho intramolecular Hbond substituents is 2. The third-order valence-corrected chi connectivity index (χ3v) is 2.85. The standard InChI is InChI=1S/C13H19N3O4/c1-15-12(19)7-16(2)13(20)9(14)5-8-3-4-10(17)11(18)6-8/h3-4,6,9,17-18H,5,7,14H2,1-2H3,(H,15,19)/t9-/m0/s1. The van der Waals surface area contributed by atoms with E-state index in [1.54, 1.807) is 6.07 Å². The minimum absolute atomic E-state index is 0.0656. The van der Waals surface area contributed by atoms with E-state index in [4.69, 9.17) is 5.73 Å². The molecule has 0 aliphatic carbocycles. The fourth-order valence-electron chi connectivity index (χ4n) is 1.69. The van der Waals surface area contributed by atoms with Gasteiger partial charge in [-0.2, -0.15) is 0 Å². The van der Waals surface area contributed by atoms with Crippen LogP contribution in [0.1, 0.15) is 5.56 Å². The van der Waals surface area contributed by atoms with Gasteiger partial charge in [0, 0.05) is 14.1 Å². The van der Waals surface area contributed by atoms with Crippen LogP contribution in [0.4, 0.5) is 0 Å². The monoisotopic (exact) mass is 281 g/mol. The van der Waals surface area contributed by atoms with Crippen molar-refractivity contribution in [2.75, 3.05) is 20.6 Å². The predicted octanol–water partition coefficient (Wildman–Crippen LogP) is -0.828. The highest BCUT2D eigenvalue weighted by Crippen LogP contribution is 2.25. The number of likely N-dealkylation sites (N-methyl/N-ethyl adjacent to an activating group) is 2. The van der Waals surface area contributed by atoms with Crippen LogP contribution in [0.15, 0.2) is 18.2 Å². The van der Waals surface area contributed by atoms with Crippen molar-refractivity contribution in [3.8, 4) is 11.5 Å². The van der Waals surface area contributed by atoms with E-state index in [1.807, 2.05) is 0 Å².